The lowest BCUT2D eigenvalue weighted by molar-refractivity contribution is 0.198. The van der Waals surface area contributed by atoms with Crippen molar-refractivity contribution in [3.63, 3.8) is 0 Å². The minimum atomic E-state index is 0.730. The van der Waals surface area contributed by atoms with Gasteiger partial charge in [0.1, 0.15) is 0 Å². The molecule has 0 aliphatic heterocycles. The Kier molecular flexibility index (Phi) is 8.05. The highest BCUT2D eigenvalue weighted by Crippen LogP contribution is 2.08. The Balaban J connectivity index is 3.19. The molecule has 0 aromatic rings. The molecule has 1 atom stereocenters. The summed E-state index contributed by atoms with van der Waals surface area (Å²) in [5.74, 6) is 0.730. The average Bonchev–Trinajstić information content (AvgIpc) is 2.09. The van der Waals surface area contributed by atoms with E-state index in [0.29, 0.717) is 0 Å². The molecular weight excluding hydrogens is 162 g/mol. The normalized spacial score (nSPS) is 12.8. The van der Waals surface area contributed by atoms with Crippen molar-refractivity contribution in [1.29, 1.82) is 0 Å². The topological polar surface area (TPSA) is 21.3 Å². The van der Waals surface area contributed by atoms with Gasteiger partial charge in [-0.2, -0.15) is 0 Å². The van der Waals surface area contributed by atoms with Crippen LogP contribution in [0, 0.1) is 5.92 Å². The summed E-state index contributed by atoms with van der Waals surface area (Å²) in [6.07, 6.45) is 2.38. The number of ether oxygens (including phenoxy) is 1. The molecule has 0 saturated heterocycles. The number of methoxy groups -OCH3 is 1. The molecule has 78 valence electrons. The predicted molar refractivity (Wildman–Crippen MR) is 58.0 cm³/mol. The molecule has 0 saturated carbocycles. The minimum Gasteiger partial charge on any atom is -0.383 e. The third kappa shape index (κ3) is 9.57. The van der Waals surface area contributed by atoms with Gasteiger partial charge in [-0.15, -0.1) is 6.58 Å². The SMILES string of the molecule is C=C(C)CCC(C)CNCCOC. The third-order valence-corrected chi connectivity index (χ3v) is 2.04. The van der Waals surface area contributed by atoms with Gasteiger partial charge in [-0.25, -0.2) is 0 Å². The fourth-order valence-electron chi connectivity index (χ4n) is 1.12. The molecule has 0 bridgehead atoms. The quantitative estimate of drug-likeness (QED) is 0.462. The van der Waals surface area contributed by atoms with Crippen molar-refractivity contribution in [1.82, 2.24) is 5.32 Å². The highest BCUT2D eigenvalue weighted by Gasteiger charge is 2.00. The van der Waals surface area contributed by atoms with Crippen LogP contribution in [0.3, 0.4) is 0 Å². The molecule has 0 amide bonds. The molecule has 2 heteroatoms. The van der Waals surface area contributed by atoms with Crippen molar-refractivity contribution in [3.8, 4) is 0 Å². The molecule has 1 unspecified atom stereocenters. The van der Waals surface area contributed by atoms with E-state index in [1.165, 1.54) is 12.0 Å². The standard InChI is InChI=1S/C11H23NO/c1-10(2)5-6-11(3)9-12-7-8-13-4/h11-12H,1,5-9H2,2-4H3. The Labute approximate surface area is 82.4 Å². The van der Waals surface area contributed by atoms with Crippen LogP contribution < -0.4 is 5.32 Å². The van der Waals surface area contributed by atoms with Gasteiger partial charge in [-0.05, 0) is 32.2 Å². The fraction of sp³-hybridized carbons (Fsp3) is 0.818. The molecule has 0 aliphatic rings. The van der Waals surface area contributed by atoms with Crippen LogP contribution in [0.4, 0.5) is 0 Å². The van der Waals surface area contributed by atoms with E-state index >= 15 is 0 Å². The average molecular weight is 185 g/mol. The number of rotatable bonds is 8. The first-order chi connectivity index (χ1) is 6.16. The van der Waals surface area contributed by atoms with Crippen molar-refractivity contribution < 1.29 is 4.74 Å². The third-order valence-electron chi connectivity index (χ3n) is 2.04. The van der Waals surface area contributed by atoms with Crippen LogP contribution in [0.15, 0.2) is 12.2 Å². The van der Waals surface area contributed by atoms with E-state index in [1.54, 1.807) is 7.11 Å². The molecule has 0 aromatic heterocycles. The Bertz CT molecular complexity index is 134. The monoisotopic (exact) mass is 185 g/mol. The van der Waals surface area contributed by atoms with E-state index in [0.717, 1.165) is 32.0 Å². The fourth-order valence-corrected chi connectivity index (χ4v) is 1.12. The lowest BCUT2D eigenvalue weighted by atomic mass is 10.0. The van der Waals surface area contributed by atoms with Gasteiger partial charge in [-0.3, -0.25) is 0 Å². The summed E-state index contributed by atoms with van der Waals surface area (Å²) < 4.78 is 4.95. The van der Waals surface area contributed by atoms with Crippen LogP contribution in [0.2, 0.25) is 0 Å². The summed E-state index contributed by atoms with van der Waals surface area (Å²) >= 11 is 0. The van der Waals surface area contributed by atoms with Crippen molar-refractivity contribution in [2.24, 2.45) is 5.92 Å². The minimum absolute atomic E-state index is 0.730. The lowest BCUT2D eigenvalue weighted by Crippen LogP contribution is -2.24. The molecule has 0 rings (SSSR count). The molecule has 0 radical (unpaired) electrons. The van der Waals surface area contributed by atoms with Crippen LogP contribution in [0.1, 0.15) is 26.7 Å². The van der Waals surface area contributed by atoms with Gasteiger partial charge in [0.05, 0.1) is 6.61 Å². The van der Waals surface area contributed by atoms with E-state index in [2.05, 4.69) is 25.7 Å². The number of allylic oxidation sites excluding steroid dienone is 1. The maximum absolute atomic E-state index is 4.95. The number of hydrogen-bond acceptors (Lipinski definition) is 2. The Morgan fingerprint density at radius 3 is 2.77 bits per heavy atom. The van der Waals surface area contributed by atoms with E-state index in [1.807, 2.05) is 0 Å². The molecule has 13 heavy (non-hydrogen) atoms. The Morgan fingerprint density at radius 2 is 2.23 bits per heavy atom. The molecular formula is C11H23NO. The zero-order valence-corrected chi connectivity index (χ0v) is 9.23. The number of hydrogen-bond donors (Lipinski definition) is 1. The van der Waals surface area contributed by atoms with E-state index in [-0.39, 0.29) is 0 Å². The second-order valence-electron chi connectivity index (χ2n) is 3.80. The van der Waals surface area contributed by atoms with Crippen LogP contribution in [-0.2, 0) is 4.74 Å². The number of nitrogens with one attached hydrogen (secondary N) is 1. The molecule has 0 spiro atoms. The molecule has 1 N–H and O–H groups in total. The summed E-state index contributed by atoms with van der Waals surface area (Å²) in [6, 6.07) is 0. The van der Waals surface area contributed by atoms with Crippen LogP contribution >= 0.6 is 0 Å². The smallest absolute Gasteiger partial charge is 0.0587 e. The predicted octanol–water partition coefficient (Wildman–Crippen LogP) is 2.21. The second kappa shape index (κ2) is 8.27. The molecule has 2 nitrogen and oxygen atoms in total. The highest BCUT2D eigenvalue weighted by atomic mass is 16.5. The van der Waals surface area contributed by atoms with Gasteiger partial charge >= 0.3 is 0 Å². The van der Waals surface area contributed by atoms with Crippen LogP contribution in [-0.4, -0.2) is 26.8 Å². The largest absolute Gasteiger partial charge is 0.383 e. The van der Waals surface area contributed by atoms with Gasteiger partial charge in [-0.1, -0.05) is 12.5 Å². The molecule has 0 aromatic carbocycles. The summed E-state index contributed by atoms with van der Waals surface area (Å²) in [7, 11) is 1.73. The van der Waals surface area contributed by atoms with Crippen molar-refractivity contribution >= 4 is 0 Å². The van der Waals surface area contributed by atoms with Gasteiger partial charge in [0.15, 0.2) is 0 Å². The molecule has 0 heterocycles. The lowest BCUT2D eigenvalue weighted by Gasteiger charge is -2.11. The summed E-state index contributed by atoms with van der Waals surface area (Å²) in [5, 5.41) is 3.36. The van der Waals surface area contributed by atoms with Crippen molar-refractivity contribution in [2.75, 3.05) is 26.8 Å². The van der Waals surface area contributed by atoms with Crippen molar-refractivity contribution in [3.05, 3.63) is 12.2 Å². The second-order valence-corrected chi connectivity index (χ2v) is 3.80. The maximum atomic E-state index is 4.95. The molecule has 0 fully saturated rings. The zero-order valence-electron chi connectivity index (χ0n) is 9.23. The Hall–Kier alpha value is -0.340. The van der Waals surface area contributed by atoms with Crippen LogP contribution in [0.25, 0.3) is 0 Å². The first-order valence-electron chi connectivity index (χ1n) is 5.00. The van der Waals surface area contributed by atoms with Crippen molar-refractivity contribution in [2.45, 2.75) is 26.7 Å². The van der Waals surface area contributed by atoms with E-state index < -0.39 is 0 Å². The zero-order chi connectivity index (χ0) is 10.1. The summed E-state index contributed by atoms with van der Waals surface area (Å²) in [4.78, 5) is 0. The summed E-state index contributed by atoms with van der Waals surface area (Å²) in [5.41, 5.74) is 1.28. The summed E-state index contributed by atoms with van der Waals surface area (Å²) in [6.45, 7) is 11.1. The van der Waals surface area contributed by atoms with Gasteiger partial charge in [0.2, 0.25) is 0 Å². The van der Waals surface area contributed by atoms with Crippen LogP contribution in [0.5, 0.6) is 0 Å². The van der Waals surface area contributed by atoms with Gasteiger partial charge in [0, 0.05) is 13.7 Å². The van der Waals surface area contributed by atoms with E-state index in [4.69, 9.17) is 4.74 Å². The van der Waals surface area contributed by atoms with E-state index in [9.17, 15) is 0 Å². The molecule has 0 aliphatic carbocycles. The van der Waals surface area contributed by atoms with Gasteiger partial charge < -0.3 is 10.1 Å². The Morgan fingerprint density at radius 1 is 1.54 bits per heavy atom. The maximum Gasteiger partial charge on any atom is 0.0587 e. The highest BCUT2D eigenvalue weighted by molar-refractivity contribution is 4.87. The van der Waals surface area contributed by atoms with Gasteiger partial charge in [0.25, 0.3) is 0 Å². The first kappa shape index (κ1) is 12.7. The first-order valence-corrected chi connectivity index (χ1v) is 5.00.